The first kappa shape index (κ1) is 15.8. The lowest BCUT2D eigenvalue weighted by Crippen LogP contribution is -2.21. The van der Waals surface area contributed by atoms with Crippen LogP contribution in [0, 0.1) is 0 Å². The molecular weight excluding hydrogens is 244 g/mol. The van der Waals surface area contributed by atoms with Crippen LogP contribution in [-0.2, 0) is 27.9 Å². The molecule has 0 amide bonds. The molecule has 0 aromatic rings. The zero-order chi connectivity index (χ0) is 13.3. The molecule has 0 bridgehead atoms. The molecule has 98 valence electrons. The van der Waals surface area contributed by atoms with E-state index < -0.39 is 22.3 Å². The van der Waals surface area contributed by atoms with Gasteiger partial charge in [0.1, 0.15) is 12.9 Å². The summed E-state index contributed by atoms with van der Waals surface area (Å²) in [6.07, 6.45) is -0.482. The van der Waals surface area contributed by atoms with E-state index in [2.05, 4.69) is 11.0 Å². The van der Waals surface area contributed by atoms with Crippen LogP contribution in [0.15, 0.2) is 12.2 Å². The zero-order valence-corrected chi connectivity index (χ0v) is 11.8. The standard InChI is InChI=1S/C10H18O6Si/c1-7(2)10(12)14-6-5-13-9(4)16-17-15-8(3)11/h9H,1,5-6,17H2,2-4H3. The molecule has 7 heteroatoms. The van der Waals surface area contributed by atoms with Crippen molar-refractivity contribution in [1.29, 1.82) is 0 Å². The van der Waals surface area contributed by atoms with Crippen LogP contribution in [-0.4, -0.2) is 41.4 Å². The van der Waals surface area contributed by atoms with Gasteiger partial charge in [-0.1, -0.05) is 6.58 Å². The highest BCUT2D eigenvalue weighted by molar-refractivity contribution is 6.22. The van der Waals surface area contributed by atoms with Gasteiger partial charge in [0.25, 0.3) is 5.97 Å². The summed E-state index contributed by atoms with van der Waals surface area (Å²) >= 11 is 0. The van der Waals surface area contributed by atoms with Crippen molar-refractivity contribution in [3.8, 4) is 0 Å². The normalized spacial score (nSPS) is 12.4. The van der Waals surface area contributed by atoms with Crippen molar-refractivity contribution in [1.82, 2.24) is 0 Å². The third kappa shape index (κ3) is 9.73. The van der Waals surface area contributed by atoms with Crippen molar-refractivity contribution < 1.29 is 27.9 Å². The summed E-state index contributed by atoms with van der Waals surface area (Å²) < 4.78 is 19.8. The predicted molar refractivity (Wildman–Crippen MR) is 62.6 cm³/mol. The van der Waals surface area contributed by atoms with Gasteiger partial charge in [-0.15, -0.1) is 0 Å². The molecule has 0 saturated heterocycles. The summed E-state index contributed by atoms with van der Waals surface area (Å²) in [5.41, 5.74) is 0.344. The molecule has 0 aliphatic carbocycles. The molecule has 1 atom stereocenters. The average Bonchev–Trinajstić information content (AvgIpc) is 2.23. The summed E-state index contributed by atoms with van der Waals surface area (Å²) in [6, 6.07) is 0. The summed E-state index contributed by atoms with van der Waals surface area (Å²) in [5.74, 6) is -0.810. The lowest BCUT2D eigenvalue weighted by atomic mass is 10.4. The van der Waals surface area contributed by atoms with E-state index in [9.17, 15) is 9.59 Å². The Bertz CT molecular complexity index is 278. The molecule has 1 unspecified atom stereocenters. The van der Waals surface area contributed by atoms with Gasteiger partial charge in [-0.05, 0) is 13.8 Å². The van der Waals surface area contributed by atoms with E-state index in [4.69, 9.17) is 13.9 Å². The second-order valence-electron chi connectivity index (χ2n) is 3.28. The zero-order valence-electron chi connectivity index (χ0n) is 10.4. The number of hydrogen-bond donors (Lipinski definition) is 0. The average molecular weight is 262 g/mol. The van der Waals surface area contributed by atoms with Crippen molar-refractivity contribution in [2.45, 2.75) is 27.1 Å². The van der Waals surface area contributed by atoms with E-state index in [0.29, 0.717) is 5.57 Å². The maximum Gasteiger partial charge on any atom is 0.370 e. The summed E-state index contributed by atoms with van der Waals surface area (Å²) in [6.45, 7) is 8.36. The van der Waals surface area contributed by atoms with Gasteiger partial charge in [0.05, 0.1) is 6.61 Å². The van der Waals surface area contributed by atoms with E-state index in [1.165, 1.54) is 6.92 Å². The van der Waals surface area contributed by atoms with E-state index in [1.807, 2.05) is 0 Å². The monoisotopic (exact) mass is 262 g/mol. The molecule has 0 aliphatic rings. The van der Waals surface area contributed by atoms with Gasteiger partial charge in [0.2, 0.25) is 0 Å². The fourth-order valence-electron chi connectivity index (χ4n) is 0.733. The number of carbonyl (C=O) groups excluding carboxylic acids is 2. The first-order valence-electron chi connectivity index (χ1n) is 5.12. The Morgan fingerprint density at radius 1 is 1.29 bits per heavy atom. The van der Waals surface area contributed by atoms with Crippen LogP contribution < -0.4 is 0 Å². The number of carbonyl (C=O) groups is 2. The number of rotatable bonds is 8. The summed E-state index contributed by atoms with van der Waals surface area (Å²) in [7, 11) is -1.34. The van der Waals surface area contributed by atoms with E-state index in [1.54, 1.807) is 13.8 Å². The van der Waals surface area contributed by atoms with Crippen molar-refractivity contribution >= 4 is 21.9 Å². The Morgan fingerprint density at radius 3 is 2.47 bits per heavy atom. The largest absolute Gasteiger partial charge is 0.499 e. The molecule has 0 radical (unpaired) electrons. The Labute approximate surface area is 103 Å². The third-order valence-electron chi connectivity index (χ3n) is 1.58. The predicted octanol–water partition coefficient (Wildman–Crippen LogP) is 0.0468. The van der Waals surface area contributed by atoms with Crippen LogP contribution in [0.4, 0.5) is 0 Å². The number of ether oxygens (including phenoxy) is 2. The van der Waals surface area contributed by atoms with Crippen LogP contribution >= 0.6 is 0 Å². The van der Waals surface area contributed by atoms with Gasteiger partial charge >= 0.3 is 16.0 Å². The molecule has 17 heavy (non-hydrogen) atoms. The van der Waals surface area contributed by atoms with Crippen LogP contribution in [0.1, 0.15) is 20.8 Å². The van der Waals surface area contributed by atoms with Crippen LogP contribution in [0.3, 0.4) is 0 Å². The number of hydrogen-bond acceptors (Lipinski definition) is 6. The van der Waals surface area contributed by atoms with E-state index in [0.717, 1.165) is 0 Å². The molecule has 0 N–H and O–H groups in total. The SMILES string of the molecule is C=C(C)C(=O)OCCOC(C)O[SiH2]OC(C)=O. The second kappa shape index (κ2) is 8.91. The molecule has 0 aromatic heterocycles. The fraction of sp³-hybridized carbons (Fsp3) is 0.600. The quantitative estimate of drug-likeness (QED) is 0.202. The van der Waals surface area contributed by atoms with Gasteiger partial charge < -0.3 is 18.3 Å². The topological polar surface area (TPSA) is 71.1 Å². The van der Waals surface area contributed by atoms with E-state index >= 15 is 0 Å². The Balaban J connectivity index is 3.45. The minimum absolute atomic E-state index is 0.133. The van der Waals surface area contributed by atoms with Crippen molar-refractivity contribution in [2.75, 3.05) is 13.2 Å². The lowest BCUT2D eigenvalue weighted by molar-refractivity contribution is -0.145. The molecule has 0 aliphatic heterocycles. The Kier molecular flexibility index (Phi) is 8.29. The minimum Gasteiger partial charge on any atom is -0.499 e. The number of esters is 1. The molecule has 0 fully saturated rings. The second-order valence-corrected chi connectivity index (χ2v) is 4.13. The van der Waals surface area contributed by atoms with Crippen molar-refractivity contribution in [2.24, 2.45) is 0 Å². The molecule has 0 spiro atoms. The van der Waals surface area contributed by atoms with Crippen LogP contribution in [0.2, 0.25) is 0 Å². The van der Waals surface area contributed by atoms with Crippen molar-refractivity contribution in [3.05, 3.63) is 12.2 Å². The highest BCUT2D eigenvalue weighted by atomic mass is 28.3. The summed E-state index contributed by atoms with van der Waals surface area (Å²) in [4.78, 5) is 21.4. The maximum absolute atomic E-state index is 11.0. The molecular formula is C10H18O6Si. The van der Waals surface area contributed by atoms with Crippen LogP contribution in [0.25, 0.3) is 0 Å². The molecule has 0 aromatic carbocycles. The smallest absolute Gasteiger partial charge is 0.370 e. The van der Waals surface area contributed by atoms with Gasteiger partial charge in [-0.2, -0.15) is 0 Å². The van der Waals surface area contributed by atoms with Gasteiger partial charge in [-0.25, -0.2) is 4.79 Å². The minimum atomic E-state index is -1.34. The molecule has 0 rings (SSSR count). The van der Waals surface area contributed by atoms with Gasteiger partial charge in [0.15, 0.2) is 0 Å². The maximum atomic E-state index is 11.0. The molecule has 0 heterocycles. The highest BCUT2D eigenvalue weighted by Crippen LogP contribution is 1.95. The van der Waals surface area contributed by atoms with Gasteiger partial charge in [0, 0.05) is 12.5 Å². The fourth-order valence-corrected chi connectivity index (χ4v) is 1.25. The van der Waals surface area contributed by atoms with E-state index in [-0.39, 0.29) is 19.2 Å². The first-order valence-corrected chi connectivity index (χ1v) is 6.28. The third-order valence-corrected chi connectivity index (χ3v) is 2.71. The highest BCUT2D eigenvalue weighted by Gasteiger charge is 2.05. The Morgan fingerprint density at radius 2 is 1.94 bits per heavy atom. The van der Waals surface area contributed by atoms with Crippen molar-refractivity contribution in [3.63, 3.8) is 0 Å². The molecule has 0 saturated carbocycles. The lowest BCUT2D eigenvalue weighted by Gasteiger charge is -2.13. The van der Waals surface area contributed by atoms with Gasteiger partial charge in [-0.3, -0.25) is 4.79 Å². The molecule has 6 nitrogen and oxygen atoms in total. The van der Waals surface area contributed by atoms with Crippen LogP contribution in [0.5, 0.6) is 0 Å². The first-order chi connectivity index (χ1) is 7.93. The summed E-state index contributed by atoms with van der Waals surface area (Å²) in [5, 5.41) is 0. The Hall–Kier alpha value is -1.18.